The van der Waals surface area contributed by atoms with Gasteiger partial charge in [-0.3, -0.25) is 0 Å². The molecule has 0 radical (unpaired) electrons. The number of aliphatic hydroxyl groups excluding tert-OH is 1. The topological polar surface area (TPSA) is 47.9 Å². The minimum absolute atomic E-state index is 0.0687. The van der Waals surface area contributed by atoms with Crippen LogP contribution in [0, 0.1) is 5.92 Å². The Morgan fingerprint density at radius 3 is 2.68 bits per heavy atom. The maximum Gasteiger partial charge on any atom is 0.187 e. The van der Waals surface area contributed by atoms with Crippen molar-refractivity contribution in [3.63, 3.8) is 0 Å². The van der Waals surface area contributed by atoms with E-state index in [4.69, 9.17) is 14.2 Å². The minimum atomic E-state index is -0.628. The lowest BCUT2D eigenvalue weighted by Crippen LogP contribution is -2.37. The fraction of sp³-hybridized carbons (Fsp3) is 0.733. The van der Waals surface area contributed by atoms with Gasteiger partial charge in [0.1, 0.15) is 6.10 Å². The van der Waals surface area contributed by atoms with Crippen LogP contribution in [0.15, 0.2) is 24.8 Å². The van der Waals surface area contributed by atoms with Gasteiger partial charge in [-0.05, 0) is 33.6 Å². The highest BCUT2D eigenvalue weighted by Crippen LogP contribution is 2.44. The molecule has 4 heteroatoms. The second kappa shape index (κ2) is 5.37. The fourth-order valence-corrected chi connectivity index (χ4v) is 2.91. The van der Waals surface area contributed by atoms with Gasteiger partial charge in [-0.1, -0.05) is 11.6 Å². The summed E-state index contributed by atoms with van der Waals surface area (Å²) in [5.74, 6) is -0.559. The summed E-state index contributed by atoms with van der Waals surface area (Å²) in [5, 5.41) is 10.2. The highest BCUT2D eigenvalue weighted by atomic mass is 16.8. The fourth-order valence-electron chi connectivity index (χ4n) is 2.91. The third-order valence-electron chi connectivity index (χ3n) is 3.59. The lowest BCUT2D eigenvalue weighted by Gasteiger charge is -2.28. The van der Waals surface area contributed by atoms with E-state index < -0.39 is 18.2 Å². The molecule has 0 aromatic carbocycles. The summed E-state index contributed by atoms with van der Waals surface area (Å²) in [4.78, 5) is 0. The molecule has 0 bridgehead atoms. The number of aliphatic hydroxyl groups is 1. The predicted octanol–water partition coefficient (Wildman–Crippen LogP) is 2.38. The van der Waals surface area contributed by atoms with Gasteiger partial charge in [-0.25, -0.2) is 0 Å². The molecule has 108 valence electrons. The van der Waals surface area contributed by atoms with E-state index in [9.17, 15) is 5.11 Å². The smallest absolute Gasteiger partial charge is 0.187 e. The number of fused-ring (bicyclic) bond motifs is 1. The average Bonchev–Trinajstić information content (AvgIpc) is 2.72. The van der Waals surface area contributed by atoms with Gasteiger partial charge in [0, 0.05) is 5.92 Å². The Kier molecular flexibility index (Phi) is 4.16. The second-order valence-electron chi connectivity index (χ2n) is 5.99. The van der Waals surface area contributed by atoms with Crippen molar-refractivity contribution >= 4 is 0 Å². The lowest BCUT2D eigenvalue weighted by molar-refractivity contribution is -0.220. The summed E-state index contributed by atoms with van der Waals surface area (Å²) in [6.07, 6.45) is 1.55. The molecule has 2 heterocycles. The molecule has 2 aliphatic heterocycles. The third-order valence-corrected chi connectivity index (χ3v) is 3.59. The van der Waals surface area contributed by atoms with Crippen LogP contribution in [-0.2, 0) is 14.2 Å². The number of hydrogen-bond donors (Lipinski definition) is 1. The molecule has 2 rings (SSSR count). The van der Waals surface area contributed by atoms with Crippen LogP contribution in [0.5, 0.6) is 0 Å². The Labute approximate surface area is 115 Å². The summed E-state index contributed by atoms with van der Waals surface area (Å²) in [6.45, 7) is 13.3. The van der Waals surface area contributed by atoms with Gasteiger partial charge >= 0.3 is 0 Å². The lowest BCUT2D eigenvalue weighted by atomic mass is 9.88. The van der Waals surface area contributed by atoms with Gasteiger partial charge in [0.15, 0.2) is 12.1 Å². The quantitative estimate of drug-likeness (QED) is 0.778. The van der Waals surface area contributed by atoms with Gasteiger partial charge < -0.3 is 19.3 Å². The molecule has 0 amide bonds. The van der Waals surface area contributed by atoms with Crippen molar-refractivity contribution in [1.82, 2.24) is 0 Å². The van der Waals surface area contributed by atoms with Gasteiger partial charge in [-0.15, -0.1) is 13.2 Å². The molecule has 2 fully saturated rings. The van der Waals surface area contributed by atoms with E-state index in [1.807, 2.05) is 20.8 Å². The number of hydrogen-bond acceptors (Lipinski definition) is 4. The van der Waals surface area contributed by atoms with E-state index in [2.05, 4.69) is 13.2 Å². The van der Waals surface area contributed by atoms with Crippen molar-refractivity contribution in [3.8, 4) is 0 Å². The van der Waals surface area contributed by atoms with Crippen LogP contribution in [0.4, 0.5) is 0 Å². The molecule has 19 heavy (non-hydrogen) atoms. The first-order chi connectivity index (χ1) is 8.84. The van der Waals surface area contributed by atoms with Crippen molar-refractivity contribution in [1.29, 1.82) is 0 Å². The zero-order valence-electron chi connectivity index (χ0n) is 12.0. The molecule has 0 aromatic heterocycles. The van der Waals surface area contributed by atoms with Gasteiger partial charge in [-0.2, -0.15) is 0 Å². The first kappa shape index (κ1) is 14.7. The van der Waals surface area contributed by atoms with Gasteiger partial charge in [0.2, 0.25) is 0 Å². The highest BCUT2D eigenvalue weighted by Gasteiger charge is 2.55. The van der Waals surface area contributed by atoms with Crippen molar-refractivity contribution in [2.75, 3.05) is 0 Å². The summed E-state index contributed by atoms with van der Waals surface area (Å²) in [5.41, 5.74) is 1.05. The van der Waals surface area contributed by atoms with Crippen LogP contribution < -0.4 is 0 Å². The van der Waals surface area contributed by atoms with Crippen molar-refractivity contribution in [2.24, 2.45) is 5.92 Å². The summed E-state index contributed by atoms with van der Waals surface area (Å²) >= 11 is 0. The number of rotatable bonds is 5. The highest BCUT2D eigenvalue weighted by molar-refractivity contribution is 5.03. The molecular weight excluding hydrogens is 244 g/mol. The zero-order valence-corrected chi connectivity index (χ0v) is 12.0. The van der Waals surface area contributed by atoms with E-state index in [0.717, 1.165) is 12.0 Å². The monoisotopic (exact) mass is 268 g/mol. The normalized spacial score (nSPS) is 37.9. The summed E-state index contributed by atoms with van der Waals surface area (Å²) in [7, 11) is 0. The third kappa shape index (κ3) is 3.08. The van der Waals surface area contributed by atoms with Crippen LogP contribution in [0.1, 0.15) is 33.6 Å². The standard InChI is InChI=1S/C15H24O4/c1-6-7-11(16)12-10(8-9(2)3)13-14(17-12)19-15(4,5)18-13/h6,10-14,16H,1-2,7-8H2,3-5H3/t10-,11-,12+,13-,14-/m1/s1. The molecule has 0 aliphatic carbocycles. The van der Waals surface area contributed by atoms with Crippen molar-refractivity contribution < 1.29 is 19.3 Å². The molecule has 2 saturated heterocycles. The SMILES string of the molecule is C=CC[C@@H](O)[C@H]1O[C@@H]2OC(C)(C)O[C@@H]2[C@@H]1CC(=C)C. The minimum Gasteiger partial charge on any atom is -0.390 e. The first-order valence-corrected chi connectivity index (χ1v) is 6.78. The Hall–Kier alpha value is -0.680. The number of ether oxygens (including phenoxy) is 3. The summed E-state index contributed by atoms with van der Waals surface area (Å²) in [6, 6.07) is 0. The Morgan fingerprint density at radius 2 is 2.11 bits per heavy atom. The molecule has 0 aromatic rings. The molecule has 5 atom stereocenters. The molecule has 1 N–H and O–H groups in total. The zero-order chi connectivity index (χ0) is 14.2. The predicted molar refractivity (Wildman–Crippen MR) is 72.4 cm³/mol. The molecule has 0 saturated carbocycles. The van der Waals surface area contributed by atoms with E-state index in [0.29, 0.717) is 6.42 Å². The van der Waals surface area contributed by atoms with E-state index >= 15 is 0 Å². The Bertz CT molecular complexity index is 363. The molecule has 0 spiro atoms. The average molecular weight is 268 g/mol. The van der Waals surface area contributed by atoms with Crippen LogP contribution >= 0.6 is 0 Å². The van der Waals surface area contributed by atoms with Crippen LogP contribution in [0.3, 0.4) is 0 Å². The van der Waals surface area contributed by atoms with Crippen LogP contribution in [-0.4, -0.2) is 35.5 Å². The molecular formula is C15H24O4. The maximum absolute atomic E-state index is 10.2. The van der Waals surface area contributed by atoms with Crippen molar-refractivity contribution in [2.45, 2.75) is 64.0 Å². The molecule has 2 aliphatic rings. The maximum atomic E-state index is 10.2. The molecule has 0 unspecified atom stereocenters. The van der Waals surface area contributed by atoms with Crippen molar-refractivity contribution in [3.05, 3.63) is 24.8 Å². The van der Waals surface area contributed by atoms with Gasteiger partial charge in [0.05, 0.1) is 12.2 Å². The van der Waals surface area contributed by atoms with E-state index in [-0.39, 0.29) is 18.1 Å². The largest absolute Gasteiger partial charge is 0.390 e. The van der Waals surface area contributed by atoms with E-state index in [1.54, 1.807) is 6.08 Å². The number of allylic oxidation sites excluding steroid dienone is 1. The molecule has 4 nitrogen and oxygen atoms in total. The van der Waals surface area contributed by atoms with Gasteiger partial charge in [0.25, 0.3) is 0 Å². The summed E-state index contributed by atoms with van der Waals surface area (Å²) < 4.78 is 17.5. The van der Waals surface area contributed by atoms with Crippen LogP contribution in [0.2, 0.25) is 0 Å². The second-order valence-corrected chi connectivity index (χ2v) is 5.99. The Balaban J connectivity index is 2.14. The Morgan fingerprint density at radius 1 is 1.42 bits per heavy atom. The van der Waals surface area contributed by atoms with Crippen LogP contribution in [0.25, 0.3) is 0 Å². The van der Waals surface area contributed by atoms with E-state index in [1.165, 1.54) is 0 Å². The first-order valence-electron chi connectivity index (χ1n) is 6.78.